The summed E-state index contributed by atoms with van der Waals surface area (Å²) in [5, 5.41) is 4.14. The van der Waals surface area contributed by atoms with Gasteiger partial charge in [-0.2, -0.15) is 5.10 Å². The molecule has 0 aliphatic carbocycles. The lowest BCUT2D eigenvalue weighted by Crippen LogP contribution is -2.46. The van der Waals surface area contributed by atoms with Crippen molar-refractivity contribution in [3.8, 4) is 0 Å². The number of rotatable bonds is 7. The molecule has 0 spiro atoms. The van der Waals surface area contributed by atoms with Gasteiger partial charge in [-0.1, -0.05) is 6.92 Å². The number of aryl methyl sites for hydroxylation is 1. The smallest absolute Gasteiger partial charge is 0.0742 e. The Bertz CT molecular complexity index is 300. The van der Waals surface area contributed by atoms with Gasteiger partial charge >= 0.3 is 0 Å². The average Bonchev–Trinajstić information content (AvgIpc) is 2.69. The maximum absolute atomic E-state index is 5.65. The summed E-state index contributed by atoms with van der Waals surface area (Å²) in [7, 11) is 1.91. The predicted molar refractivity (Wildman–Crippen MR) is 63.7 cm³/mol. The fourth-order valence-electron chi connectivity index (χ4n) is 1.86. The Balaban J connectivity index is 2.59. The Morgan fingerprint density at radius 3 is 2.75 bits per heavy atom. The Labute approximate surface area is 96.9 Å². The van der Waals surface area contributed by atoms with Crippen LogP contribution in [0, 0.1) is 0 Å². The van der Waals surface area contributed by atoms with Crippen LogP contribution in [0.5, 0.6) is 0 Å². The third-order valence-electron chi connectivity index (χ3n) is 2.66. The summed E-state index contributed by atoms with van der Waals surface area (Å²) in [6.45, 7) is 4.82. The Hall–Kier alpha value is -0.910. The summed E-state index contributed by atoms with van der Waals surface area (Å²) in [4.78, 5) is 0. The van der Waals surface area contributed by atoms with Crippen LogP contribution in [0.2, 0.25) is 0 Å². The van der Waals surface area contributed by atoms with E-state index in [1.54, 1.807) is 4.68 Å². The molecule has 0 aliphatic rings. The first-order chi connectivity index (χ1) is 7.71. The van der Waals surface area contributed by atoms with Crippen LogP contribution in [-0.2, 0) is 18.2 Å². The molecule has 0 aromatic carbocycles. The molecule has 0 fully saturated rings. The average molecular weight is 226 g/mol. The molecule has 92 valence electrons. The van der Waals surface area contributed by atoms with Crippen LogP contribution < -0.4 is 11.3 Å². The predicted octanol–water partition coefficient (Wildman–Crippen LogP) is 0.610. The molecule has 16 heavy (non-hydrogen) atoms. The van der Waals surface area contributed by atoms with Gasteiger partial charge in [-0.05, 0) is 25.3 Å². The number of hydrazine groups is 1. The molecule has 5 heteroatoms. The number of aromatic nitrogens is 2. The van der Waals surface area contributed by atoms with Crippen LogP contribution in [-0.4, -0.2) is 28.5 Å². The van der Waals surface area contributed by atoms with Crippen LogP contribution in [0.4, 0.5) is 0 Å². The fraction of sp³-hybridized carbons (Fsp3) is 0.727. The first kappa shape index (κ1) is 13.2. The normalized spacial score (nSPS) is 15.0. The topological polar surface area (TPSA) is 65.1 Å². The summed E-state index contributed by atoms with van der Waals surface area (Å²) in [5.74, 6) is 5.58. The number of nitrogens with one attached hydrogen (secondary N) is 1. The number of nitrogens with zero attached hydrogens (tertiary/aromatic N) is 2. The van der Waals surface area contributed by atoms with Crippen molar-refractivity contribution in [2.24, 2.45) is 12.9 Å². The number of hydrogen-bond donors (Lipinski definition) is 2. The van der Waals surface area contributed by atoms with Gasteiger partial charge in [-0.25, -0.2) is 0 Å². The lowest BCUT2D eigenvalue weighted by Gasteiger charge is -2.25. The highest BCUT2D eigenvalue weighted by atomic mass is 16.5. The lowest BCUT2D eigenvalue weighted by atomic mass is 10.0. The van der Waals surface area contributed by atoms with E-state index in [-0.39, 0.29) is 12.1 Å². The zero-order valence-electron chi connectivity index (χ0n) is 10.3. The summed E-state index contributed by atoms with van der Waals surface area (Å²) >= 11 is 0. The van der Waals surface area contributed by atoms with Crippen molar-refractivity contribution in [1.82, 2.24) is 15.2 Å². The highest BCUT2D eigenvalue weighted by Crippen LogP contribution is 2.10. The van der Waals surface area contributed by atoms with E-state index in [9.17, 15) is 0 Å². The highest BCUT2D eigenvalue weighted by Gasteiger charge is 2.19. The molecule has 0 radical (unpaired) electrons. The zero-order chi connectivity index (χ0) is 12.0. The van der Waals surface area contributed by atoms with Gasteiger partial charge in [-0.15, -0.1) is 0 Å². The summed E-state index contributed by atoms with van der Waals surface area (Å²) in [6, 6.07) is 0.133. The molecule has 3 N–H and O–H groups in total. The molecule has 1 heterocycles. The van der Waals surface area contributed by atoms with Crippen molar-refractivity contribution in [2.75, 3.05) is 6.61 Å². The highest BCUT2D eigenvalue weighted by molar-refractivity contribution is 5.06. The largest absolute Gasteiger partial charge is 0.377 e. The van der Waals surface area contributed by atoms with Crippen molar-refractivity contribution in [2.45, 2.75) is 38.8 Å². The molecule has 0 saturated carbocycles. The van der Waals surface area contributed by atoms with Crippen molar-refractivity contribution in [3.63, 3.8) is 0 Å². The minimum Gasteiger partial charge on any atom is -0.377 e. The maximum Gasteiger partial charge on any atom is 0.0742 e. The second-order valence-corrected chi connectivity index (χ2v) is 3.90. The SMILES string of the molecule is CCOC(CC)C(Cc1cnn(C)c1)NN. The molecule has 1 aromatic heterocycles. The van der Waals surface area contributed by atoms with Crippen molar-refractivity contribution in [3.05, 3.63) is 18.0 Å². The van der Waals surface area contributed by atoms with E-state index in [1.807, 2.05) is 26.4 Å². The second kappa shape index (κ2) is 6.62. The second-order valence-electron chi connectivity index (χ2n) is 3.90. The molecule has 0 amide bonds. The van der Waals surface area contributed by atoms with Gasteiger partial charge in [0.05, 0.1) is 18.3 Å². The molecule has 5 nitrogen and oxygen atoms in total. The third kappa shape index (κ3) is 3.59. The molecule has 1 aromatic rings. The van der Waals surface area contributed by atoms with E-state index >= 15 is 0 Å². The van der Waals surface area contributed by atoms with Gasteiger partial charge in [0.15, 0.2) is 0 Å². The first-order valence-corrected chi connectivity index (χ1v) is 5.76. The van der Waals surface area contributed by atoms with E-state index in [0.29, 0.717) is 6.61 Å². The number of nitrogens with two attached hydrogens (primary N) is 1. The Kier molecular flexibility index (Phi) is 5.45. The quantitative estimate of drug-likeness (QED) is 0.528. The first-order valence-electron chi connectivity index (χ1n) is 5.76. The molecule has 2 unspecified atom stereocenters. The van der Waals surface area contributed by atoms with E-state index < -0.39 is 0 Å². The summed E-state index contributed by atoms with van der Waals surface area (Å²) in [5.41, 5.74) is 4.00. The summed E-state index contributed by atoms with van der Waals surface area (Å²) in [6.07, 6.45) is 5.80. The number of hydrogen-bond acceptors (Lipinski definition) is 4. The standard InChI is InChI=1S/C11H22N4O/c1-4-11(16-5-2)10(14-12)6-9-7-13-15(3)8-9/h7-8,10-11,14H,4-6,12H2,1-3H3. The zero-order valence-corrected chi connectivity index (χ0v) is 10.3. The van der Waals surface area contributed by atoms with Gasteiger partial charge in [0.25, 0.3) is 0 Å². The van der Waals surface area contributed by atoms with E-state index in [4.69, 9.17) is 10.6 Å². The summed E-state index contributed by atoms with van der Waals surface area (Å²) < 4.78 is 7.45. The molecule has 0 bridgehead atoms. The van der Waals surface area contributed by atoms with Gasteiger partial charge in [0, 0.05) is 19.9 Å². The van der Waals surface area contributed by atoms with Crippen LogP contribution in [0.3, 0.4) is 0 Å². The number of ether oxygens (including phenoxy) is 1. The van der Waals surface area contributed by atoms with Crippen molar-refractivity contribution >= 4 is 0 Å². The molecular weight excluding hydrogens is 204 g/mol. The van der Waals surface area contributed by atoms with Gasteiger partial charge in [0.1, 0.15) is 0 Å². The van der Waals surface area contributed by atoms with E-state index in [0.717, 1.165) is 12.8 Å². The van der Waals surface area contributed by atoms with Crippen molar-refractivity contribution < 1.29 is 4.74 Å². The molecule has 2 atom stereocenters. The molecular formula is C11H22N4O. The lowest BCUT2D eigenvalue weighted by molar-refractivity contribution is 0.0319. The minimum atomic E-state index is 0.133. The monoisotopic (exact) mass is 226 g/mol. The van der Waals surface area contributed by atoms with Crippen LogP contribution in [0.1, 0.15) is 25.8 Å². The van der Waals surface area contributed by atoms with Gasteiger partial charge in [-0.3, -0.25) is 16.0 Å². The molecule has 0 aliphatic heterocycles. The van der Waals surface area contributed by atoms with Crippen LogP contribution in [0.25, 0.3) is 0 Å². The fourth-order valence-corrected chi connectivity index (χ4v) is 1.86. The molecule has 1 rings (SSSR count). The van der Waals surface area contributed by atoms with E-state index in [2.05, 4.69) is 17.4 Å². The van der Waals surface area contributed by atoms with Crippen LogP contribution >= 0.6 is 0 Å². The van der Waals surface area contributed by atoms with Crippen molar-refractivity contribution in [1.29, 1.82) is 0 Å². The minimum absolute atomic E-state index is 0.133. The van der Waals surface area contributed by atoms with Crippen LogP contribution in [0.15, 0.2) is 12.4 Å². The Morgan fingerprint density at radius 2 is 2.31 bits per heavy atom. The Morgan fingerprint density at radius 1 is 1.56 bits per heavy atom. The van der Waals surface area contributed by atoms with Gasteiger partial charge in [0.2, 0.25) is 0 Å². The molecule has 0 saturated heterocycles. The van der Waals surface area contributed by atoms with Gasteiger partial charge < -0.3 is 4.74 Å². The third-order valence-corrected chi connectivity index (χ3v) is 2.66. The van der Waals surface area contributed by atoms with E-state index in [1.165, 1.54) is 5.56 Å². The maximum atomic E-state index is 5.65.